The highest BCUT2D eigenvalue weighted by molar-refractivity contribution is 9.10. The van der Waals surface area contributed by atoms with Crippen molar-refractivity contribution in [2.75, 3.05) is 0 Å². The third kappa shape index (κ3) is 2.38. The number of para-hydroxylation sites is 2. The Morgan fingerprint density at radius 1 is 1.05 bits per heavy atom. The molecule has 19 heavy (non-hydrogen) atoms. The molecule has 0 N–H and O–H groups in total. The van der Waals surface area contributed by atoms with Crippen molar-refractivity contribution in [2.24, 2.45) is 7.05 Å². The lowest BCUT2D eigenvalue weighted by Gasteiger charge is -2.09. The van der Waals surface area contributed by atoms with Crippen LogP contribution in [0, 0.1) is 0 Å². The summed E-state index contributed by atoms with van der Waals surface area (Å²) in [6.07, 6.45) is 0. The van der Waals surface area contributed by atoms with Crippen molar-refractivity contribution in [3.8, 4) is 5.75 Å². The predicted molar refractivity (Wildman–Crippen MR) is 81.4 cm³/mol. The molecule has 0 atom stereocenters. The fourth-order valence-electron chi connectivity index (χ4n) is 2.20. The van der Waals surface area contributed by atoms with E-state index in [9.17, 15) is 0 Å². The monoisotopic (exact) mass is 315 g/mol. The number of aryl methyl sites for hydroxylation is 1. The summed E-state index contributed by atoms with van der Waals surface area (Å²) in [7, 11) is 2.07. The van der Waals surface area contributed by atoms with Crippen LogP contribution in [0.4, 0.5) is 0 Å². The minimum absolute atomic E-state index is 0.563. The van der Waals surface area contributed by atoms with Crippen LogP contribution < -0.4 is 4.74 Å². The van der Waals surface area contributed by atoms with E-state index in [0.717, 1.165) is 15.9 Å². The highest BCUT2D eigenvalue weighted by atomic mass is 79.9. The van der Waals surface area contributed by atoms with E-state index in [-0.39, 0.29) is 0 Å². The first-order valence-electron chi connectivity index (χ1n) is 6.16. The number of aromatic nitrogens is 1. The summed E-state index contributed by atoms with van der Waals surface area (Å²) in [5.41, 5.74) is 2.39. The summed E-state index contributed by atoms with van der Waals surface area (Å²) >= 11 is 3.49. The maximum Gasteiger partial charge on any atom is 0.134 e. The highest BCUT2D eigenvalue weighted by Gasteiger charge is 2.06. The lowest BCUT2D eigenvalue weighted by molar-refractivity contribution is 0.296. The van der Waals surface area contributed by atoms with Crippen molar-refractivity contribution < 1.29 is 4.74 Å². The van der Waals surface area contributed by atoms with Gasteiger partial charge in [-0.3, -0.25) is 0 Å². The molecule has 0 bridgehead atoms. The van der Waals surface area contributed by atoms with Crippen LogP contribution in [0.1, 0.15) is 5.69 Å². The van der Waals surface area contributed by atoms with Crippen molar-refractivity contribution >= 4 is 26.8 Å². The Kier molecular flexibility index (Phi) is 3.30. The number of ether oxygens (including phenoxy) is 1. The average Bonchev–Trinajstić information content (AvgIpc) is 2.75. The van der Waals surface area contributed by atoms with E-state index in [2.05, 4.69) is 57.9 Å². The molecule has 2 nitrogen and oxygen atoms in total. The largest absolute Gasteiger partial charge is 0.486 e. The van der Waals surface area contributed by atoms with Crippen LogP contribution in [-0.2, 0) is 13.7 Å². The number of nitrogens with zero attached hydrogens (tertiary/aromatic N) is 1. The van der Waals surface area contributed by atoms with Crippen molar-refractivity contribution in [3.05, 3.63) is 64.8 Å². The van der Waals surface area contributed by atoms with Crippen molar-refractivity contribution in [3.63, 3.8) is 0 Å². The predicted octanol–water partition coefficient (Wildman–Crippen LogP) is 4.52. The van der Waals surface area contributed by atoms with Gasteiger partial charge in [-0.1, -0.05) is 30.3 Å². The maximum atomic E-state index is 5.87. The fourth-order valence-corrected chi connectivity index (χ4v) is 2.60. The quantitative estimate of drug-likeness (QED) is 0.693. The molecule has 2 aromatic carbocycles. The molecule has 0 spiro atoms. The molecule has 0 fully saturated rings. The molecule has 3 rings (SSSR count). The second-order valence-electron chi connectivity index (χ2n) is 4.47. The molecule has 3 heteroatoms. The van der Waals surface area contributed by atoms with Gasteiger partial charge in [-0.25, -0.2) is 0 Å². The van der Waals surface area contributed by atoms with Gasteiger partial charge in [-0.05, 0) is 45.6 Å². The first-order chi connectivity index (χ1) is 9.25. The fraction of sp³-hybridized carbons (Fsp3) is 0.125. The van der Waals surface area contributed by atoms with Crippen LogP contribution in [0.25, 0.3) is 10.9 Å². The molecular weight excluding hydrogens is 302 g/mol. The van der Waals surface area contributed by atoms with E-state index < -0.39 is 0 Å². The smallest absolute Gasteiger partial charge is 0.134 e. The number of fused-ring (bicyclic) bond motifs is 1. The van der Waals surface area contributed by atoms with Crippen LogP contribution in [0.2, 0.25) is 0 Å². The Hall–Kier alpha value is -1.74. The molecule has 1 aromatic heterocycles. The minimum Gasteiger partial charge on any atom is -0.486 e. The molecule has 1 heterocycles. The second-order valence-corrected chi connectivity index (χ2v) is 5.33. The highest BCUT2D eigenvalue weighted by Crippen LogP contribution is 2.25. The van der Waals surface area contributed by atoms with Gasteiger partial charge < -0.3 is 9.30 Å². The van der Waals surface area contributed by atoms with Gasteiger partial charge in [0.05, 0.1) is 10.2 Å². The molecule has 0 aliphatic heterocycles. The molecule has 0 unspecified atom stereocenters. The molecule has 0 radical (unpaired) electrons. The molecule has 3 aromatic rings. The van der Waals surface area contributed by atoms with Crippen molar-refractivity contribution in [2.45, 2.75) is 6.61 Å². The number of hydrogen-bond donors (Lipinski definition) is 0. The van der Waals surface area contributed by atoms with E-state index in [1.165, 1.54) is 10.9 Å². The lowest BCUT2D eigenvalue weighted by Crippen LogP contribution is -2.01. The zero-order valence-electron chi connectivity index (χ0n) is 10.6. The Bertz CT molecular complexity index is 718. The van der Waals surface area contributed by atoms with E-state index in [1.54, 1.807) is 0 Å². The zero-order chi connectivity index (χ0) is 13.2. The number of halogens is 1. The third-order valence-corrected chi connectivity index (χ3v) is 3.92. The Morgan fingerprint density at radius 3 is 2.58 bits per heavy atom. The molecule has 0 saturated carbocycles. The Morgan fingerprint density at radius 2 is 1.79 bits per heavy atom. The summed E-state index contributed by atoms with van der Waals surface area (Å²) in [6, 6.07) is 18.4. The number of rotatable bonds is 3. The number of benzene rings is 2. The third-order valence-electron chi connectivity index (χ3n) is 3.26. The summed E-state index contributed by atoms with van der Waals surface area (Å²) in [6.45, 7) is 0.563. The normalized spacial score (nSPS) is 10.8. The first-order valence-corrected chi connectivity index (χ1v) is 6.95. The van der Waals surface area contributed by atoms with E-state index in [4.69, 9.17) is 4.74 Å². The average molecular weight is 316 g/mol. The second kappa shape index (κ2) is 5.10. The van der Waals surface area contributed by atoms with E-state index in [0.29, 0.717) is 6.61 Å². The van der Waals surface area contributed by atoms with E-state index >= 15 is 0 Å². The number of hydrogen-bond acceptors (Lipinski definition) is 1. The SMILES string of the molecule is Cn1c(COc2ccccc2Br)cc2ccccc21. The molecule has 0 saturated heterocycles. The summed E-state index contributed by atoms with van der Waals surface area (Å²) in [5, 5.41) is 1.25. The topological polar surface area (TPSA) is 14.2 Å². The Balaban J connectivity index is 1.86. The van der Waals surface area contributed by atoms with Crippen LogP contribution in [0.15, 0.2) is 59.1 Å². The molecule has 96 valence electrons. The van der Waals surface area contributed by atoms with Gasteiger partial charge in [-0.15, -0.1) is 0 Å². The van der Waals surface area contributed by atoms with Crippen molar-refractivity contribution in [1.29, 1.82) is 0 Å². The summed E-state index contributed by atoms with van der Waals surface area (Å²) in [5.74, 6) is 0.868. The van der Waals surface area contributed by atoms with Crippen LogP contribution in [-0.4, -0.2) is 4.57 Å². The van der Waals surface area contributed by atoms with Gasteiger partial charge in [0, 0.05) is 12.6 Å². The zero-order valence-corrected chi connectivity index (χ0v) is 12.2. The van der Waals surface area contributed by atoms with Crippen LogP contribution >= 0.6 is 15.9 Å². The van der Waals surface area contributed by atoms with Gasteiger partial charge >= 0.3 is 0 Å². The van der Waals surface area contributed by atoms with E-state index in [1.807, 2.05) is 24.3 Å². The van der Waals surface area contributed by atoms with Crippen molar-refractivity contribution in [1.82, 2.24) is 4.57 Å². The maximum absolute atomic E-state index is 5.87. The molecule has 0 aliphatic rings. The van der Waals surface area contributed by atoms with Gasteiger partial charge in [0.25, 0.3) is 0 Å². The lowest BCUT2D eigenvalue weighted by atomic mass is 10.2. The van der Waals surface area contributed by atoms with Crippen LogP contribution in [0.5, 0.6) is 5.75 Å². The standard InChI is InChI=1S/C16H14BrNO/c1-18-13(10-12-6-2-4-8-15(12)18)11-19-16-9-5-3-7-14(16)17/h2-10H,11H2,1H3. The first kappa shape index (κ1) is 12.3. The minimum atomic E-state index is 0.563. The summed E-state index contributed by atoms with van der Waals surface area (Å²) < 4.78 is 9.02. The molecule has 0 amide bonds. The molecular formula is C16H14BrNO. The van der Waals surface area contributed by atoms with Gasteiger partial charge in [0.2, 0.25) is 0 Å². The van der Waals surface area contributed by atoms with Gasteiger partial charge in [-0.2, -0.15) is 0 Å². The van der Waals surface area contributed by atoms with Gasteiger partial charge in [0.15, 0.2) is 0 Å². The Labute approximate surface area is 120 Å². The van der Waals surface area contributed by atoms with Crippen LogP contribution in [0.3, 0.4) is 0 Å². The summed E-state index contributed by atoms with van der Waals surface area (Å²) in [4.78, 5) is 0. The van der Waals surface area contributed by atoms with Gasteiger partial charge in [0.1, 0.15) is 12.4 Å². The molecule has 0 aliphatic carbocycles.